The van der Waals surface area contributed by atoms with Crippen LogP contribution in [0.2, 0.25) is 0 Å². The molecule has 1 unspecified atom stereocenters. The summed E-state index contributed by atoms with van der Waals surface area (Å²) in [7, 11) is 0. The summed E-state index contributed by atoms with van der Waals surface area (Å²) in [5.74, 6) is 0.861. The van der Waals surface area contributed by atoms with Gasteiger partial charge in [0.25, 0.3) is 0 Å². The highest BCUT2D eigenvalue weighted by Crippen LogP contribution is 2.24. The second kappa shape index (κ2) is 5.45. The molecule has 0 fully saturated rings. The van der Waals surface area contributed by atoms with Crippen molar-refractivity contribution < 1.29 is 13.9 Å². The topological polar surface area (TPSA) is 45.4 Å². The van der Waals surface area contributed by atoms with E-state index in [-0.39, 0.29) is 11.8 Å². The first-order valence-electron chi connectivity index (χ1n) is 6.25. The lowest BCUT2D eigenvalue weighted by Gasteiger charge is -2.14. The minimum Gasteiger partial charge on any atom is -0.505 e. The van der Waals surface area contributed by atoms with Crippen LogP contribution < -0.4 is 5.32 Å². The van der Waals surface area contributed by atoms with Crippen molar-refractivity contribution >= 4 is 0 Å². The highest BCUT2D eigenvalue weighted by Gasteiger charge is 2.13. The number of nitrogens with one attached hydrogen (secondary N) is 1. The summed E-state index contributed by atoms with van der Waals surface area (Å²) in [4.78, 5) is 0. The van der Waals surface area contributed by atoms with E-state index in [1.54, 1.807) is 12.1 Å². The van der Waals surface area contributed by atoms with Crippen LogP contribution in [-0.2, 0) is 6.54 Å². The third kappa shape index (κ3) is 2.96. The SMILES string of the molecule is Cc1cc(C(C)NCc2cccc(F)c2O)c(C)o1. The van der Waals surface area contributed by atoms with Gasteiger partial charge >= 0.3 is 0 Å². The van der Waals surface area contributed by atoms with Crippen molar-refractivity contribution in [3.8, 4) is 5.75 Å². The van der Waals surface area contributed by atoms with E-state index in [2.05, 4.69) is 5.32 Å². The number of hydrogen-bond acceptors (Lipinski definition) is 3. The molecule has 0 radical (unpaired) electrons. The fraction of sp³-hybridized carbons (Fsp3) is 0.333. The molecule has 0 aliphatic carbocycles. The second-order valence-electron chi connectivity index (χ2n) is 4.72. The highest BCUT2D eigenvalue weighted by atomic mass is 19.1. The number of halogens is 1. The Morgan fingerprint density at radius 1 is 1.37 bits per heavy atom. The number of aryl methyl sites for hydroxylation is 2. The lowest BCUT2D eigenvalue weighted by Crippen LogP contribution is -2.18. The highest BCUT2D eigenvalue weighted by molar-refractivity contribution is 5.33. The lowest BCUT2D eigenvalue weighted by molar-refractivity contribution is 0.420. The molecule has 1 heterocycles. The first kappa shape index (κ1) is 13.6. The summed E-state index contributed by atoms with van der Waals surface area (Å²) in [6.07, 6.45) is 0. The molecule has 2 rings (SSSR count). The van der Waals surface area contributed by atoms with E-state index in [0.29, 0.717) is 12.1 Å². The van der Waals surface area contributed by atoms with Gasteiger partial charge in [0.05, 0.1) is 0 Å². The van der Waals surface area contributed by atoms with Gasteiger partial charge in [0, 0.05) is 23.7 Å². The molecule has 0 aliphatic rings. The summed E-state index contributed by atoms with van der Waals surface area (Å²) < 4.78 is 18.7. The van der Waals surface area contributed by atoms with Crippen LogP contribution in [0.4, 0.5) is 4.39 Å². The summed E-state index contributed by atoms with van der Waals surface area (Å²) >= 11 is 0. The van der Waals surface area contributed by atoms with Gasteiger partial charge in [-0.2, -0.15) is 0 Å². The molecular formula is C15H18FNO2. The van der Waals surface area contributed by atoms with E-state index < -0.39 is 5.82 Å². The Balaban J connectivity index is 2.06. The monoisotopic (exact) mass is 263 g/mol. The molecule has 0 amide bonds. The maximum absolute atomic E-state index is 13.2. The molecule has 0 spiro atoms. The number of furan rings is 1. The Morgan fingerprint density at radius 3 is 2.74 bits per heavy atom. The molecule has 0 saturated heterocycles. The van der Waals surface area contributed by atoms with Crippen LogP contribution in [-0.4, -0.2) is 5.11 Å². The van der Waals surface area contributed by atoms with Crippen molar-refractivity contribution in [1.29, 1.82) is 0 Å². The molecule has 3 nitrogen and oxygen atoms in total. The number of para-hydroxylation sites is 1. The van der Waals surface area contributed by atoms with E-state index in [1.165, 1.54) is 6.07 Å². The third-order valence-corrected chi connectivity index (χ3v) is 3.21. The maximum Gasteiger partial charge on any atom is 0.165 e. The zero-order valence-electron chi connectivity index (χ0n) is 11.3. The van der Waals surface area contributed by atoms with Crippen molar-refractivity contribution in [3.63, 3.8) is 0 Å². The summed E-state index contributed by atoms with van der Waals surface area (Å²) in [6, 6.07) is 6.58. The van der Waals surface area contributed by atoms with Gasteiger partial charge in [0.1, 0.15) is 11.5 Å². The van der Waals surface area contributed by atoms with Crippen LogP contribution >= 0.6 is 0 Å². The second-order valence-corrected chi connectivity index (χ2v) is 4.72. The van der Waals surface area contributed by atoms with Gasteiger partial charge in [-0.15, -0.1) is 0 Å². The van der Waals surface area contributed by atoms with Crippen LogP contribution in [0, 0.1) is 19.7 Å². The average Bonchev–Trinajstić information content (AvgIpc) is 2.70. The van der Waals surface area contributed by atoms with Crippen molar-refractivity contribution in [2.75, 3.05) is 0 Å². The molecular weight excluding hydrogens is 245 g/mol. The number of rotatable bonds is 4. The average molecular weight is 263 g/mol. The zero-order chi connectivity index (χ0) is 14.0. The van der Waals surface area contributed by atoms with Gasteiger partial charge in [-0.3, -0.25) is 0 Å². The van der Waals surface area contributed by atoms with Gasteiger partial charge in [0.2, 0.25) is 0 Å². The largest absolute Gasteiger partial charge is 0.505 e. The molecule has 102 valence electrons. The normalized spacial score (nSPS) is 12.6. The van der Waals surface area contributed by atoms with Gasteiger partial charge < -0.3 is 14.8 Å². The molecule has 4 heteroatoms. The lowest BCUT2D eigenvalue weighted by atomic mass is 10.1. The van der Waals surface area contributed by atoms with Gasteiger partial charge in [0.15, 0.2) is 11.6 Å². The Hall–Kier alpha value is -1.81. The van der Waals surface area contributed by atoms with Crippen LogP contribution in [0.5, 0.6) is 5.75 Å². The first-order chi connectivity index (χ1) is 8.99. The predicted molar refractivity (Wildman–Crippen MR) is 71.5 cm³/mol. The third-order valence-electron chi connectivity index (χ3n) is 3.21. The molecule has 2 N–H and O–H groups in total. The number of aromatic hydroxyl groups is 1. The van der Waals surface area contributed by atoms with Gasteiger partial charge in [-0.1, -0.05) is 12.1 Å². The minimum absolute atomic E-state index is 0.0696. The molecule has 1 atom stereocenters. The molecule has 1 aromatic carbocycles. The van der Waals surface area contributed by atoms with Crippen molar-refractivity contribution in [2.24, 2.45) is 0 Å². The van der Waals surface area contributed by atoms with E-state index in [0.717, 1.165) is 17.1 Å². The molecule has 0 bridgehead atoms. The smallest absolute Gasteiger partial charge is 0.165 e. The fourth-order valence-corrected chi connectivity index (χ4v) is 2.16. The van der Waals surface area contributed by atoms with Crippen molar-refractivity contribution in [2.45, 2.75) is 33.4 Å². The maximum atomic E-state index is 13.2. The minimum atomic E-state index is -0.595. The Kier molecular flexibility index (Phi) is 3.90. The number of benzene rings is 1. The van der Waals surface area contributed by atoms with E-state index in [9.17, 15) is 9.50 Å². The Morgan fingerprint density at radius 2 is 2.11 bits per heavy atom. The Labute approximate surface area is 112 Å². The fourth-order valence-electron chi connectivity index (χ4n) is 2.16. The number of hydrogen-bond donors (Lipinski definition) is 2. The van der Waals surface area contributed by atoms with Crippen molar-refractivity contribution in [1.82, 2.24) is 5.32 Å². The number of phenolic OH excluding ortho intramolecular Hbond substituents is 1. The molecule has 2 aromatic rings. The standard InChI is InChI=1S/C15H18FNO2/c1-9-7-13(11(3)19-9)10(2)17-8-12-5-4-6-14(16)15(12)18/h4-7,10,17-18H,8H2,1-3H3. The van der Waals surface area contributed by atoms with E-state index in [1.807, 2.05) is 26.8 Å². The van der Waals surface area contributed by atoms with Crippen LogP contribution in [0.15, 0.2) is 28.7 Å². The molecule has 0 saturated carbocycles. The molecule has 1 aromatic heterocycles. The summed E-state index contributed by atoms with van der Waals surface area (Å²) in [5, 5.41) is 12.9. The van der Waals surface area contributed by atoms with Crippen LogP contribution in [0.25, 0.3) is 0 Å². The summed E-state index contributed by atoms with van der Waals surface area (Å²) in [6.45, 7) is 6.23. The van der Waals surface area contributed by atoms with Gasteiger partial charge in [-0.25, -0.2) is 4.39 Å². The quantitative estimate of drug-likeness (QED) is 0.886. The predicted octanol–water partition coefficient (Wildman–Crippen LogP) is 3.59. The first-order valence-corrected chi connectivity index (χ1v) is 6.25. The van der Waals surface area contributed by atoms with Crippen LogP contribution in [0.3, 0.4) is 0 Å². The van der Waals surface area contributed by atoms with Crippen molar-refractivity contribution in [3.05, 3.63) is 52.7 Å². The Bertz CT molecular complexity index is 578. The number of phenols is 1. The van der Waals surface area contributed by atoms with Crippen LogP contribution in [0.1, 0.15) is 35.6 Å². The molecule has 19 heavy (non-hydrogen) atoms. The van der Waals surface area contributed by atoms with E-state index >= 15 is 0 Å². The van der Waals surface area contributed by atoms with Gasteiger partial charge in [-0.05, 0) is 32.9 Å². The van der Waals surface area contributed by atoms with E-state index in [4.69, 9.17) is 4.42 Å². The molecule has 0 aliphatic heterocycles. The summed E-state index contributed by atoms with van der Waals surface area (Å²) in [5.41, 5.74) is 1.62. The zero-order valence-corrected chi connectivity index (χ0v) is 11.3.